The van der Waals surface area contributed by atoms with Gasteiger partial charge in [-0.3, -0.25) is 5.32 Å². The molecule has 1 fully saturated rings. The maximum Gasteiger partial charge on any atom is 0.325 e. The van der Waals surface area contributed by atoms with Crippen LogP contribution in [0.1, 0.15) is 19.3 Å². The van der Waals surface area contributed by atoms with Crippen LogP contribution in [0, 0.1) is 0 Å². The molecule has 0 bridgehead atoms. The van der Waals surface area contributed by atoms with Crippen molar-refractivity contribution in [2.75, 3.05) is 28.6 Å². The quantitative estimate of drug-likeness (QED) is 0.844. The third-order valence-electron chi connectivity index (χ3n) is 3.38. The molecule has 0 spiro atoms. The number of nitrogens with zero attached hydrogens (tertiary/aromatic N) is 3. The Morgan fingerprint density at radius 2 is 1.91 bits per heavy atom. The summed E-state index contributed by atoms with van der Waals surface area (Å²) in [5.74, 6) is 0. The van der Waals surface area contributed by atoms with Crippen molar-refractivity contribution in [1.82, 2.24) is 10.2 Å². The van der Waals surface area contributed by atoms with Gasteiger partial charge >= 0.3 is 6.03 Å². The predicted octanol–water partition coefficient (Wildman–Crippen LogP) is 3.93. The van der Waals surface area contributed by atoms with E-state index in [0.29, 0.717) is 10.8 Å². The van der Waals surface area contributed by atoms with E-state index in [0.717, 1.165) is 22.7 Å². The Balaban J connectivity index is 1.60. The SMILES string of the molecule is O=C(Nc1nnc(N2CCCCC2)s1)Nc1ccccc1Br. The minimum Gasteiger partial charge on any atom is -0.347 e. The summed E-state index contributed by atoms with van der Waals surface area (Å²) in [6, 6.07) is 7.12. The summed E-state index contributed by atoms with van der Waals surface area (Å²) in [6.45, 7) is 2.02. The second kappa shape index (κ2) is 7.06. The van der Waals surface area contributed by atoms with E-state index < -0.39 is 0 Å². The molecule has 8 heteroatoms. The number of para-hydroxylation sites is 1. The number of nitrogens with one attached hydrogen (secondary N) is 2. The van der Waals surface area contributed by atoms with Crippen molar-refractivity contribution < 1.29 is 4.79 Å². The molecular weight excluding hydrogens is 366 g/mol. The van der Waals surface area contributed by atoms with Crippen molar-refractivity contribution in [3.8, 4) is 0 Å². The van der Waals surface area contributed by atoms with Crippen LogP contribution in [-0.2, 0) is 0 Å². The van der Waals surface area contributed by atoms with Crippen LogP contribution in [0.25, 0.3) is 0 Å². The summed E-state index contributed by atoms with van der Waals surface area (Å²) < 4.78 is 0.830. The van der Waals surface area contributed by atoms with Gasteiger partial charge in [0.05, 0.1) is 5.69 Å². The summed E-state index contributed by atoms with van der Waals surface area (Å²) >= 11 is 4.79. The molecule has 1 aliphatic rings. The lowest BCUT2D eigenvalue weighted by Crippen LogP contribution is -2.29. The Kier molecular flexibility index (Phi) is 4.89. The fraction of sp³-hybridized carbons (Fsp3) is 0.357. The molecule has 1 aromatic heterocycles. The van der Waals surface area contributed by atoms with Gasteiger partial charge in [-0.2, -0.15) is 0 Å². The molecule has 2 aromatic rings. The first kappa shape index (κ1) is 15.2. The summed E-state index contributed by atoms with van der Waals surface area (Å²) in [4.78, 5) is 14.2. The molecule has 0 aliphatic carbocycles. The molecule has 2 amide bonds. The monoisotopic (exact) mass is 381 g/mol. The van der Waals surface area contributed by atoms with Crippen LogP contribution >= 0.6 is 27.3 Å². The number of urea groups is 1. The van der Waals surface area contributed by atoms with E-state index in [1.165, 1.54) is 30.6 Å². The van der Waals surface area contributed by atoms with Crippen LogP contribution in [0.2, 0.25) is 0 Å². The smallest absolute Gasteiger partial charge is 0.325 e. The molecule has 0 unspecified atom stereocenters. The lowest BCUT2D eigenvalue weighted by molar-refractivity contribution is 0.262. The predicted molar refractivity (Wildman–Crippen MR) is 92.8 cm³/mol. The van der Waals surface area contributed by atoms with Crippen molar-refractivity contribution >= 4 is 49.2 Å². The molecule has 0 radical (unpaired) electrons. The summed E-state index contributed by atoms with van der Waals surface area (Å²) in [5.41, 5.74) is 0.709. The van der Waals surface area contributed by atoms with Gasteiger partial charge in [0.25, 0.3) is 0 Å². The second-order valence-electron chi connectivity index (χ2n) is 5.00. The Bertz CT molecular complexity index is 656. The van der Waals surface area contributed by atoms with Crippen molar-refractivity contribution in [3.05, 3.63) is 28.7 Å². The number of benzene rings is 1. The molecule has 2 N–H and O–H groups in total. The Morgan fingerprint density at radius 1 is 1.14 bits per heavy atom. The fourth-order valence-corrected chi connectivity index (χ4v) is 3.47. The molecule has 1 aliphatic heterocycles. The minimum atomic E-state index is -0.326. The standard InChI is InChI=1S/C14H16BrN5OS/c15-10-6-2-3-7-11(10)16-12(21)17-13-18-19-14(22-13)20-8-4-1-5-9-20/h2-3,6-7H,1,4-5,8-9H2,(H2,16,17,18,21). The van der Waals surface area contributed by atoms with E-state index in [9.17, 15) is 4.79 Å². The lowest BCUT2D eigenvalue weighted by atomic mass is 10.1. The van der Waals surface area contributed by atoms with E-state index in [4.69, 9.17) is 0 Å². The van der Waals surface area contributed by atoms with Crippen molar-refractivity contribution in [1.29, 1.82) is 0 Å². The molecule has 22 heavy (non-hydrogen) atoms. The highest BCUT2D eigenvalue weighted by atomic mass is 79.9. The van der Waals surface area contributed by atoms with E-state index in [1.54, 1.807) is 0 Å². The largest absolute Gasteiger partial charge is 0.347 e. The van der Waals surface area contributed by atoms with E-state index in [-0.39, 0.29) is 6.03 Å². The minimum absolute atomic E-state index is 0.326. The number of hydrogen-bond acceptors (Lipinski definition) is 5. The number of carbonyl (C=O) groups excluding carboxylic acids is 1. The number of piperidine rings is 1. The number of anilines is 3. The highest BCUT2D eigenvalue weighted by Gasteiger charge is 2.16. The second-order valence-corrected chi connectivity index (χ2v) is 6.81. The molecule has 1 saturated heterocycles. The molecule has 2 heterocycles. The van der Waals surface area contributed by atoms with Gasteiger partial charge in [-0.15, -0.1) is 10.2 Å². The van der Waals surface area contributed by atoms with Crippen LogP contribution in [0.5, 0.6) is 0 Å². The Hall–Kier alpha value is -1.67. The van der Waals surface area contributed by atoms with Crippen LogP contribution in [0.4, 0.5) is 20.7 Å². The van der Waals surface area contributed by atoms with Crippen LogP contribution in [0.3, 0.4) is 0 Å². The molecule has 1 aromatic carbocycles. The van der Waals surface area contributed by atoms with Crippen molar-refractivity contribution in [3.63, 3.8) is 0 Å². The van der Waals surface area contributed by atoms with Crippen molar-refractivity contribution in [2.45, 2.75) is 19.3 Å². The van der Waals surface area contributed by atoms with E-state index in [1.807, 2.05) is 24.3 Å². The van der Waals surface area contributed by atoms with E-state index >= 15 is 0 Å². The molecule has 3 rings (SSSR count). The van der Waals surface area contributed by atoms with Crippen molar-refractivity contribution in [2.24, 2.45) is 0 Å². The number of amides is 2. The average molecular weight is 382 g/mol. The summed E-state index contributed by atoms with van der Waals surface area (Å²) in [5, 5.41) is 15.1. The lowest BCUT2D eigenvalue weighted by Gasteiger charge is -2.25. The first-order chi connectivity index (χ1) is 10.7. The molecule has 0 atom stereocenters. The molecular formula is C14H16BrN5OS. The molecule has 6 nitrogen and oxygen atoms in total. The Labute approximate surface area is 141 Å². The van der Waals surface area contributed by atoms with Gasteiger partial charge in [-0.05, 0) is 47.3 Å². The molecule has 0 saturated carbocycles. The zero-order valence-corrected chi connectivity index (χ0v) is 14.3. The van der Waals surface area contributed by atoms with Gasteiger partial charge in [0.2, 0.25) is 10.3 Å². The highest BCUT2D eigenvalue weighted by molar-refractivity contribution is 9.10. The zero-order chi connectivity index (χ0) is 15.4. The van der Waals surface area contributed by atoms with Gasteiger partial charge in [0, 0.05) is 17.6 Å². The highest BCUT2D eigenvalue weighted by Crippen LogP contribution is 2.27. The summed E-state index contributed by atoms with van der Waals surface area (Å²) in [7, 11) is 0. The molecule has 116 valence electrons. The number of hydrogen-bond donors (Lipinski definition) is 2. The first-order valence-electron chi connectivity index (χ1n) is 7.13. The first-order valence-corrected chi connectivity index (χ1v) is 8.74. The third-order valence-corrected chi connectivity index (χ3v) is 4.97. The normalized spacial score (nSPS) is 14.7. The van der Waals surface area contributed by atoms with Crippen LogP contribution < -0.4 is 15.5 Å². The van der Waals surface area contributed by atoms with Gasteiger partial charge in [0.15, 0.2) is 0 Å². The van der Waals surface area contributed by atoms with Gasteiger partial charge < -0.3 is 10.2 Å². The van der Waals surface area contributed by atoms with Crippen LogP contribution in [0.15, 0.2) is 28.7 Å². The topological polar surface area (TPSA) is 70.2 Å². The Morgan fingerprint density at radius 3 is 2.68 bits per heavy atom. The van der Waals surface area contributed by atoms with Gasteiger partial charge in [0.1, 0.15) is 0 Å². The fourth-order valence-electron chi connectivity index (χ4n) is 2.29. The maximum atomic E-state index is 12.0. The zero-order valence-electron chi connectivity index (χ0n) is 11.9. The van der Waals surface area contributed by atoms with Gasteiger partial charge in [-0.1, -0.05) is 23.5 Å². The average Bonchev–Trinajstić information content (AvgIpc) is 2.99. The number of carbonyl (C=O) groups is 1. The number of aromatic nitrogens is 2. The van der Waals surface area contributed by atoms with E-state index in [2.05, 4.69) is 41.7 Å². The maximum absolute atomic E-state index is 12.0. The van der Waals surface area contributed by atoms with Gasteiger partial charge in [-0.25, -0.2) is 4.79 Å². The summed E-state index contributed by atoms with van der Waals surface area (Å²) in [6.07, 6.45) is 3.64. The van der Waals surface area contributed by atoms with Crippen LogP contribution in [-0.4, -0.2) is 29.3 Å². The number of halogens is 1. The number of rotatable bonds is 3. The third kappa shape index (κ3) is 3.75.